The Morgan fingerprint density at radius 2 is 1.85 bits per heavy atom. The quantitative estimate of drug-likeness (QED) is 0.306. The van der Waals surface area contributed by atoms with Crippen LogP contribution in [0, 0.1) is 11.3 Å². The first-order chi connectivity index (χ1) is 16.1. The summed E-state index contributed by atoms with van der Waals surface area (Å²) < 4.78 is 29.7. The Bertz CT molecular complexity index is 988. The van der Waals surface area contributed by atoms with Crippen LogP contribution < -0.4 is 0 Å². The van der Waals surface area contributed by atoms with Gasteiger partial charge in [-0.05, 0) is 25.5 Å². The van der Waals surface area contributed by atoms with Gasteiger partial charge in [0, 0.05) is 12.3 Å². The van der Waals surface area contributed by atoms with E-state index in [0.29, 0.717) is 5.56 Å². The second-order valence-corrected chi connectivity index (χ2v) is 10.2. The number of hydrogen-bond donors (Lipinski definition) is 5. The van der Waals surface area contributed by atoms with Gasteiger partial charge in [-0.25, -0.2) is 4.79 Å². The number of hydrogen-bond acceptors (Lipinski definition) is 11. The second-order valence-electron chi connectivity index (χ2n) is 10.2. The Morgan fingerprint density at radius 3 is 2.56 bits per heavy atom. The van der Waals surface area contributed by atoms with E-state index in [9.17, 15) is 30.3 Å². The summed E-state index contributed by atoms with van der Waals surface area (Å²) in [7, 11) is 0. The summed E-state index contributed by atoms with van der Waals surface area (Å²) in [5, 5.41) is 51.7. The van der Waals surface area contributed by atoms with Gasteiger partial charge in [-0.15, -0.1) is 0 Å². The zero-order valence-corrected chi connectivity index (χ0v) is 18.4. The van der Waals surface area contributed by atoms with Crippen LogP contribution >= 0.6 is 0 Å². The molecule has 4 saturated heterocycles. The summed E-state index contributed by atoms with van der Waals surface area (Å²) in [5.74, 6) is -2.49. The molecule has 11 nitrogen and oxygen atoms in total. The first kappa shape index (κ1) is 22.8. The maximum Gasteiger partial charge on any atom is 0.338 e. The molecule has 1 aromatic carbocycles. The fourth-order valence-electron chi connectivity index (χ4n) is 6.87. The van der Waals surface area contributed by atoms with Crippen molar-refractivity contribution in [3.05, 3.63) is 35.9 Å². The number of ether oxygens (including phenoxy) is 5. The Balaban J connectivity index is 1.32. The highest BCUT2D eigenvalue weighted by Crippen LogP contribution is 2.81. The molecule has 1 aromatic rings. The number of aliphatic hydroxyl groups is 5. The highest BCUT2D eigenvalue weighted by atomic mass is 16.8. The number of carbonyl (C=O) groups is 1. The third kappa shape index (κ3) is 2.59. The number of benzene rings is 1. The molecule has 7 aliphatic rings. The summed E-state index contributed by atoms with van der Waals surface area (Å²) in [6.07, 6.45) is -7.87. The van der Waals surface area contributed by atoms with E-state index in [1.165, 1.54) is 0 Å². The topological polar surface area (TPSA) is 164 Å². The van der Waals surface area contributed by atoms with Gasteiger partial charge >= 0.3 is 5.97 Å². The van der Waals surface area contributed by atoms with Gasteiger partial charge in [0.05, 0.1) is 17.6 Å². The molecule has 4 aliphatic heterocycles. The molecule has 0 amide bonds. The van der Waals surface area contributed by atoms with E-state index in [1.807, 2.05) is 0 Å². The fraction of sp³-hybridized carbons (Fsp3) is 0.696. The molecule has 3 aliphatic carbocycles. The molecular formula is C23H28O11. The van der Waals surface area contributed by atoms with Crippen molar-refractivity contribution in [1.82, 2.24) is 0 Å². The number of aliphatic hydroxyl groups excluding tert-OH is 4. The third-order valence-corrected chi connectivity index (χ3v) is 8.57. The molecule has 7 fully saturated rings. The van der Waals surface area contributed by atoms with Crippen LogP contribution in [0.2, 0.25) is 0 Å². The van der Waals surface area contributed by atoms with Crippen molar-refractivity contribution in [2.45, 2.75) is 73.8 Å². The lowest BCUT2D eigenvalue weighted by Gasteiger charge is -2.67. The Labute approximate surface area is 194 Å². The minimum Gasteiger partial charge on any atom is -0.461 e. The summed E-state index contributed by atoms with van der Waals surface area (Å²) in [4.78, 5) is 12.7. The van der Waals surface area contributed by atoms with Gasteiger partial charge in [0.15, 0.2) is 18.4 Å². The van der Waals surface area contributed by atoms with Crippen LogP contribution in [0.4, 0.5) is 0 Å². The summed E-state index contributed by atoms with van der Waals surface area (Å²) in [5.41, 5.74) is -2.99. The van der Waals surface area contributed by atoms with Gasteiger partial charge in [0.1, 0.15) is 42.2 Å². The van der Waals surface area contributed by atoms with Crippen LogP contribution in [0.1, 0.15) is 30.1 Å². The van der Waals surface area contributed by atoms with Crippen molar-refractivity contribution in [3.8, 4) is 0 Å². The smallest absolute Gasteiger partial charge is 0.338 e. The van der Waals surface area contributed by atoms with Crippen molar-refractivity contribution in [3.63, 3.8) is 0 Å². The predicted octanol–water partition coefficient (Wildman–Crippen LogP) is -1.36. The fourth-order valence-corrected chi connectivity index (χ4v) is 6.87. The van der Waals surface area contributed by atoms with E-state index >= 15 is 0 Å². The van der Waals surface area contributed by atoms with Crippen LogP contribution in [0.25, 0.3) is 0 Å². The standard InChI is InChI=1S/C23H28O11/c1-20-9-22(29)13-7-23(20,32-18-16(27)15(26)14(25)12(8-24)31-18)21(13,19(33-20)34-22)10-30-17(28)11-5-3-2-4-6-11/h2-6,12-16,18-19,24-27,29H,7-10H2,1H3/t12?,13?,14-,15+,16+,18?,19?,20+,21-,22-,23?/m1/s1. The molecule has 0 aromatic heterocycles. The number of rotatable bonds is 6. The average Bonchev–Trinajstić information content (AvgIpc) is 3.00. The van der Waals surface area contributed by atoms with Gasteiger partial charge < -0.3 is 49.2 Å². The molecule has 11 heteroatoms. The Morgan fingerprint density at radius 1 is 1.12 bits per heavy atom. The highest BCUT2D eigenvalue weighted by Gasteiger charge is 2.94. The van der Waals surface area contributed by atoms with Gasteiger partial charge in [0.2, 0.25) is 0 Å². The molecule has 0 radical (unpaired) electrons. The van der Waals surface area contributed by atoms with Crippen molar-refractivity contribution >= 4 is 5.97 Å². The van der Waals surface area contributed by atoms with Crippen molar-refractivity contribution in [2.75, 3.05) is 13.2 Å². The third-order valence-electron chi connectivity index (χ3n) is 8.57. The van der Waals surface area contributed by atoms with Crippen LogP contribution in [0.15, 0.2) is 30.3 Å². The van der Waals surface area contributed by atoms with E-state index in [2.05, 4.69) is 0 Å². The van der Waals surface area contributed by atoms with Crippen molar-refractivity contribution in [2.24, 2.45) is 11.3 Å². The zero-order valence-electron chi connectivity index (χ0n) is 18.4. The lowest BCUT2D eigenvalue weighted by Crippen LogP contribution is -2.80. The first-order valence-corrected chi connectivity index (χ1v) is 11.4. The van der Waals surface area contributed by atoms with E-state index in [4.69, 9.17) is 23.7 Å². The van der Waals surface area contributed by atoms with Gasteiger partial charge in [-0.1, -0.05) is 18.2 Å². The van der Waals surface area contributed by atoms with Crippen molar-refractivity contribution in [1.29, 1.82) is 0 Å². The second kappa shape index (κ2) is 7.19. The van der Waals surface area contributed by atoms with E-state index in [-0.39, 0.29) is 19.4 Å². The molecule has 5 N–H and O–H groups in total. The SMILES string of the molecule is C[C@@]12C[C@@]3(O)OC(O1)[C@@]1(COC(=O)c4ccccc4)C3CC12OC1OC(CO)[C@@H](O)[C@H](O)[C@@H]1O. The van der Waals surface area contributed by atoms with Gasteiger partial charge in [0.25, 0.3) is 0 Å². The Kier molecular flexibility index (Phi) is 4.81. The Hall–Kier alpha value is -1.67. The molecule has 5 unspecified atom stereocenters. The maximum atomic E-state index is 12.7. The molecule has 11 atom stereocenters. The molecule has 8 rings (SSSR count). The van der Waals surface area contributed by atoms with Crippen LogP contribution in [-0.2, 0) is 23.7 Å². The van der Waals surface area contributed by atoms with E-state index < -0.39 is 77.9 Å². The number of carbonyl (C=O) groups excluding carboxylic acids is 1. The molecule has 3 saturated carbocycles. The largest absolute Gasteiger partial charge is 0.461 e. The van der Waals surface area contributed by atoms with E-state index in [0.717, 1.165) is 0 Å². The summed E-state index contributed by atoms with van der Waals surface area (Å²) in [6.45, 7) is 0.985. The lowest BCUT2D eigenvalue weighted by atomic mass is 9.41. The molecular weight excluding hydrogens is 452 g/mol. The monoisotopic (exact) mass is 480 g/mol. The highest BCUT2D eigenvalue weighted by molar-refractivity contribution is 5.89. The van der Waals surface area contributed by atoms with Crippen molar-refractivity contribution < 1.29 is 54.0 Å². The van der Waals surface area contributed by atoms with Crippen LogP contribution in [0.5, 0.6) is 0 Å². The molecule has 186 valence electrons. The number of esters is 1. The molecule has 4 heterocycles. The maximum absolute atomic E-state index is 12.7. The van der Waals surface area contributed by atoms with Gasteiger partial charge in [-0.3, -0.25) is 0 Å². The first-order valence-electron chi connectivity index (χ1n) is 11.4. The molecule has 34 heavy (non-hydrogen) atoms. The predicted molar refractivity (Wildman–Crippen MR) is 109 cm³/mol. The minimum atomic E-state index is -1.61. The zero-order chi connectivity index (χ0) is 24.1. The average molecular weight is 480 g/mol. The van der Waals surface area contributed by atoms with Crippen LogP contribution in [-0.4, -0.2) is 98.7 Å². The van der Waals surface area contributed by atoms with E-state index in [1.54, 1.807) is 37.3 Å². The van der Waals surface area contributed by atoms with Crippen LogP contribution in [0.3, 0.4) is 0 Å². The normalized spacial score (nSPS) is 52.5. The van der Waals surface area contributed by atoms with Gasteiger partial charge in [-0.2, -0.15) is 0 Å². The summed E-state index contributed by atoms with van der Waals surface area (Å²) in [6, 6.07) is 8.47. The lowest BCUT2D eigenvalue weighted by molar-refractivity contribution is -0.424. The minimum absolute atomic E-state index is 0.0902. The molecule has 0 spiro atoms. The molecule has 6 bridgehead atoms. The summed E-state index contributed by atoms with van der Waals surface area (Å²) >= 11 is 0.